The van der Waals surface area contributed by atoms with Gasteiger partial charge < -0.3 is 14.5 Å². The number of carbonyl (C=O) groups is 2. The molecule has 0 bridgehead atoms. The molecule has 3 aliphatic heterocycles. The van der Waals surface area contributed by atoms with Crippen LogP contribution >= 0.6 is 0 Å². The van der Waals surface area contributed by atoms with Gasteiger partial charge >= 0.3 is 0 Å². The molecule has 1 aromatic rings. The van der Waals surface area contributed by atoms with Crippen molar-refractivity contribution in [2.75, 3.05) is 19.7 Å². The van der Waals surface area contributed by atoms with E-state index >= 15 is 0 Å². The number of hydrogen-bond donors (Lipinski definition) is 1. The van der Waals surface area contributed by atoms with E-state index in [0.29, 0.717) is 44.0 Å². The summed E-state index contributed by atoms with van der Waals surface area (Å²) in [5.41, 5.74) is 1.11. The number of H-pyrrole nitrogens is 1. The summed E-state index contributed by atoms with van der Waals surface area (Å²) < 4.78 is 5.99. The Morgan fingerprint density at radius 1 is 1.28 bits per heavy atom. The van der Waals surface area contributed by atoms with E-state index in [1.54, 1.807) is 6.20 Å². The molecule has 7 nitrogen and oxygen atoms in total. The van der Waals surface area contributed by atoms with Crippen LogP contribution in [-0.4, -0.2) is 63.3 Å². The Bertz CT molecular complexity index is 711. The first-order chi connectivity index (χ1) is 12.2. The molecule has 0 radical (unpaired) electrons. The van der Waals surface area contributed by atoms with Gasteiger partial charge in [0, 0.05) is 25.4 Å². The molecule has 134 valence electrons. The van der Waals surface area contributed by atoms with Gasteiger partial charge in [0.25, 0.3) is 5.91 Å². The summed E-state index contributed by atoms with van der Waals surface area (Å²) >= 11 is 0. The molecule has 1 saturated carbocycles. The fourth-order valence-electron chi connectivity index (χ4n) is 5.36. The van der Waals surface area contributed by atoms with Gasteiger partial charge in [-0.1, -0.05) is 19.3 Å². The number of ether oxygens (including phenoxy) is 1. The normalized spacial score (nSPS) is 32.3. The lowest BCUT2D eigenvalue weighted by Crippen LogP contribution is -2.48. The first kappa shape index (κ1) is 15.4. The molecule has 25 heavy (non-hydrogen) atoms. The molecule has 4 fully saturated rings. The third-order valence-corrected chi connectivity index (χ3v) is 6.57. The zero-order valence-corrected chi connectivity index (χ0v) is 14.4. The molecule has 2 atom stereocenters. The zero-order chi connectivity index (χ0) is 17.0. The molecule has 1 N–H and O–H groups in total. The van der Waals surface area contributed by atoms with Crippen LogP contribution in [0.15, 0.2) is 6.20 Å². The van der Waals surface area contributed by atoms with Gasteiger partial charge in [-0.25, -0.2) is 0 Å². The van der Waals surface area contributed by atoms with Gasteiger partial charge in [-0.15, -0.1) is 0 Å². The number of likely N-dealkylation sites (tertiary alicyclic amines) is 1. The molecule has 4 aliphatic rings. The first-order valence-electron chi connectivity index (χ1n) is 9.49. The number of nitrogens with zero attached hydrogens (tertiary/aromatic N) is 3. The fourth-order valence-corrected chi connectivity index (χ4v) is 5.36. The van der Waals surface area contributed by atoms with Gasteiger partial charge in [0.15, 0.2) is 5.72 Å². The first-order valence-corrected chi connectivity index (χ1v) is 9.49. The van der Waals surface area contributed by atoms with Gasteiger partial charge in [0.1, 0.15) is 0 Å². The van der Waals surface area contributed by atoms with Crippen LogP contribution in [0, 0.1) is 0 Å². The maximum atomic E-state index is 13.3. The predicted octanol–water partition coefficient (Wildman–Crippen LogP) is 1.63. The van der Waals surface area contributed by atoms with E-state index in [-0.39, 0.29) is 17.9 Å². The summed E-state index contributed by atoms with van der Waals surface area (Å²) in [5, 5.41) is 7.26. The molecule has 4 heterocycles. The number of amides is 2. The lowest BCUT2D eigenvalue weighted by atomic mass is 9.85. The van der Waals surface area contributed by atoms with Crippen molar-refractivity contribution >= 4 is 11.8 Å². The number of aromatic amines is 1. The monoisotopic (exact) mass is 344 g/mol. The van der Waals surface area contributed by atoms with Crippen LogP contribution in [0.4, 0.5) is 0 Å². The smallest absolute Gasteiger partial charge is 0.257 e. The maximum Gasteiger partial charge on any atom is 0.257 e. The molecule has 2 amide bonds. The average molecular weight is 344 g/mol. The zero-order valence-electron chi connectivity index (χ0n) is 14.4. The van der Waals surface area contributed by atoms with E-state index in [0.717, 1.165) is 18.5 Å². The van der Waals surface area contributed by atoms with Crippen LogP contribution < -0.4 is 0 Å². The minimum atomic E-state index is -0.568. The highest BCUT2D eigenvalue weighted by Gasteiger charge is 2.63. The van der Waals surface area contributed by atoms with Crippen LogP contribution in [0.2, 0.25) is 0 Å². The van der Waals surface area contributed by atoms with Gasteiger partial charge in [-0.2, -0.15) is 5.10 Å². The van der Waals surface area contributed by atoms with E-state index in [1.807, 2.05) is 9.80 Å². The van der Waals surface area contributed by atoms with Crippen molar-refractivity contribution in [1.82, 2.24) is 20.0 Å². The Morgan fingerprint density at radius 2 is 2.12 bits per heavy atom. The fraction of sp³-hybridized carbons (Fsp3) is 0.722. The summed E-state index contributed by atoms with van der Waals surface area (Å²) in [5.74, 6) is 0.511. The highest BCUT2D eigenvalue weighted by molar-refractivity contribution is 5.96. The third kappa shape index (κ3) is 2.11. The minimum absolute atomic E-state index is 0.00125. The molecule has 0 aromatic carbocycles. The summed E-state index contributed by atoms with van der Waals surface area (Å²) in [6, 6.07) is -0.163. The van der Waals surface area contributed by atoms with Crippen LogP contribution in [-0.2, 0) is 9.53 Å². The van der Waals surface area contributed by atoms with Crippen molar-refractivity contribution < 1.29 is 14.3 Å². The second-order valence-electron chi connectivity index (χ2n) is 7.74. The Hall–Kier alpha value is -1.89. The molecule has 1 spiro atoms. The van der Waals surface area contributed by atoms with Crippen molar-refractivity contribution in [2.24, 2.45) is 0 Å². The van der Waals surface area contributed by atoms with E-state index in [2.05, 4.69) is 10.2 Å². The van der Waals surface area contributed by atoms with Crippen LogP contribution in [0.25, 0.3) is 0 Å². The van der Waals surface area contributed by atoms with Crippen LogP contribution in [0.5, 0.6) is 0 Å². The van der Waals surface area contributed by atoms with Crippen molar-refractivity contribution in [3.8, 4) is 0 Å². The third-order valence-electron chi connectivity index (χ3n) is 6.57. The minimum Gasteiger partial charge on any atom is -0.351 e. The number of hydrogen-bond acceptors (Lipinski definition) is 4. The molecule has 3 saturated heterocycles. The largest absolute Gasteiger partial charge is 0.351 e. The second kappa shape index (κ2) is 5.56. The summed E-state index contributed by atoms with van der Waals surface area (Å²) in [6.45, 7) is 1.86. The second-order valence-corrected chi connectivity index (χ2v) is 7.74. The van der Waals surface area contributed by atoms with Crippen molar-refractivity contribution in [3.05, 3.63) is 17.5 Å². The number of aromatic nitrogens is 2. The quantitative estimate of drug-likeness (QED) is 0.884. The lowest BCUT2D eigenvalue weighted by molar-refractivity contribution is -0.136. The van der Waals surface area contributed by atoms with Gasteiger partial charge in [-0.05, 0) is 12.8 Å². The number of carbonyl (C=O) groups excluding carboxylic acids is 2. The predicted molar refractivity (Wildman–Crippen MR) is 88.9 cm³/mol. The van der Waals surface area contributed by atoms with Crippen LogP contribution in [0.1, 0.15) is 66.9 Å². The molecule has 7 heteroatoms. The Kier molecular flexibility index (Phi) is 3.42. The highest BCUT2D eigenvalue weighted by Crippen LogP contribution is 2.46. The van der Waals surface area contributed by atoms with Crippen molar-refractivity contribution in [3.63, 3.8) is 0 Å². The van der Waals surface area contributed by atoms with E-state index < -0.39 is 5.72 Å². The Balaban J connectivity index is 1.43. The Labute approximate surface area is 146 Å². The van der Waals surface area contributed by atoms with Crippen LogP contribution in [0.3, 0.4) is 0 Å². The molecule has 0 unspecified atom stereocenters. The van der Waals surface area contributed by atoms with E-state index in [9.17, 15) is 9.59 Å². The molecule has 5 rings (SSSR count). The van der Waals surface area contributed by atoms with Gasteiger partial charge in [0.2, 0.25) is 5.91 Å². The maximum absolute atomic E-state index is 13.3. The van der Waals surface area contributed by atoms with Crippen molar-refractivity contribution in [2.45, 2.75) is 62.6 Å². The Morgan fingerprint density at radius 3 is 2.96 bits per heavy atom. The highest BCUT2D eigenvalue weighted by atomic mass is 16.5. The summed E-state index contributed by atoms with van der Waals surface area (Å²) in [6.07, 6.45) is 8.69. The molecular formula is C18H24N4O3. The average Bonchev–Trinajstić information content (AvgIpc) is 3.38. The molecule has 1 aliphatic carbocycles. The molecule has 1 aromatic heterocycles. The van der Waals surface area contributed by atoms with E-state index in [1.165, 1.54) is 19.3 Å². The van der Waals surface area contributed by atoms with Gasteiger partial charge in [-0.3, -0.25) is 14.7 Å². The summed E-state index contributed by atoms with van der Waals surface area (Å²) in [4.78, 5) is 29.3. The topological polar surface area (TPSA) is 78.5 Å². The van der Waals surface area contributed by atoms with Gasteiger partial charge in [0.05, 0.1) is 36.5 Å². The van der Waals surface area contributed by atoms with Crippen molar-refractivity contribution in [1.29, 1.82) is 0 Å². The van der Waals surface area contributed by atoms with E-state index in [4.69, 9.17) is 4.74 Å². The number of rotatable bonds is 2. The SMILES string of the molecule is O=C(c1cn[nH]c1C1CCCCC1)N1CC[C@@]23OCCN2C(=O)C[C@@H]13. The lowest BCUT2D eigenvalue weighted by Gasteiger charge is -2.31. The molecular weight excluding hydrogens is 320 g/mol. The standard InChI is InChI=1S/C18H24N4O3/c23-15-10-14-18(22(15)8-9-25-18)6-7-21(14)17(24)13-11-19-20-16(13)12-4-2-1-3-5-12/h11-12,14H,1-10H2,(H,19,20)/t14-,18+/m1/s1. The number of nitrogens with one attached hydrogen (secondary N) is 1. The summed E-state index contributed by atoms with van der Waals surface area (Å²) in [7, 11) is 0.